The molecule has 0 aromatic carbocycles. The molecule has 94 valence electrons. The number of nitrogens with zero attached hydrogens (tertiary/aromatic N) is 2. The summed E-state index contributed by atoms with van der Waals surface area (Å²) in [6, 6.07) is 0. The molecule has 1 aromatic rings. The van der Waals surface area contributed by atoms with Crippen molar-refractivity contribution in [3.63, 3.8) is 0 Å². The van der Waals surface area contributed by atoms with E-state index in [1.165, 1.54) is 0 Å². The van der Waals surface area contributed by atoms with Crippen molar-refractivity contribution in [2.45, 2.75) is 20.3 Å². The molecule has 2 N–H and O–H groups in total. The number of aromatic carboxylic acids is 1. The lowest BCUT2D eigenvalue weighted by atomic mass is 10.1. The average molecular weight is 239 g/mol. The summed E-state index contributed by atoms with van der Waals surface area (Å²) in [5, 5.41) is 19.9. The van der Waals surface area contributed by atoms with Crippen molar-refractivity contribution in [2.75, 3.05) is 25.6 Å². The van der Waals surface area contributed by atoms with E-state index in [9.17, 15) is 4.79 Å². The minimum Gasteiger partial charge on any atom is -0.478 e. The largest absolute Gasteiger partial charge is 0.478 e. The average Bonchev–Trinajstić information content (AvgIpc) is 2.28. The predicted octanol–water partition coefficient (Wildman–Crippen LogP) is 1.24. The number of hydrogen-bond acceptors (Lipinski definition) is 5. The van der Waals surface area contributed by atoms with Crippen LogP contribution in [0.1, 0.15) is 28.0 Å². The van der Waals surface area contributed by atoms with Crippen LogP contribution in [-0.4, -0.2) is 41.5 Å². The second-order valence-electron chi connectivity index (χ2n) is 3.71. The molecular weight excluding hydrogens is 222 g/mol. The van der Waals surface area contributed by atoms with Crippen molar-refractivity contribution in [1.29, 1.82) is 0 Å². The van der Waals surface area contributed by atoms with Gasteiger partial charge in [0.25, 0.3) is 0 Å². The third-order valence-corrected chi connectivity index (χ3v) is 2.49. The van der Waals surface area contributed by atoms with Gasteiger partial charge in [-0.2, -0.15) is 5.10 Å². The van der Waals surface area contributed by atoms with E-state index in [2.05, 4.69) is 15.5 Å². The van der Waals surface area contributed by atoms with Gasteiger partial charge < -0.3 is 15.2 Å². The van der Waals surface area contributed by atoms with E-state index < -0.39 is 5.97 Å². The van der Waals surface area contributed by atoms with Crippen molar-refractivity contribution in [2.24, 2.45) is 0 Å². The van der Waals surface area contributed by atoms with Crippen LogP contribution in [0.2, 0.25) is 0 Å². The maximum atomic E-state index is 11.2. The molecule has 0 aliphatic carbocycles. The Balaban J connectivity index is 2.84. The lowest BCUT2D eigenvalue weighted by Crippen LogP contribution is -2.14. The van der Waals surface area contributed by atoms with Crippen LogP contribution >= 0.6 is 0 Å². The Morgan fingerprint density at radius 3 is 2.71 bits per heavy atom. The smallest absolute Gasteiger partial charge is 0.339 e. The van der Waals surface area contributed by atoms with E-state index in [4.69, 9.17) is 9.84 Å². The van der Waals surface area contributed by atoms with Gasteiger partial charge in [0.15, 0.2) is 5.82 Å². The number of methoxy groups -OCH3 is 1. The molecule has 0 spiro atoms. The highest BCUT2D eigenvalue weighted by Crippen LogP contribution is 2.18. The summed E-state index contributed by atoms with van der Waals surface area (Å²) >= 11 is 0. The van der Waals surface area contributed by atoms with Crippen LogP contribution in [0, 0.1) is 13.8 Å². The standard InChI is InChI=1S/C11H17N3O3/c1-7-8(2)13-14-10(9(7)11(15)16)12-5-4-6-17-3/h4-6H2,1-3H3,(H,12,14)(H,15,16). The molecule has 0 aliphatic rings. The number of anilines is 1. The SMILES string of the molecule is COCCCNc1nnc(C)c(C)c1C(=O)O. The third kappa shape index (κ3) is 3.39. The van der Waals surface area contributed by atoms with Crippen molar-refractivity contribution in [1.82, 2.24) is 10.2 Å². The van der Waals surface area contributed by atoms with Crippen LogP contribution in [0.15, 0.2) is 0 Å². The molecule has 1 aromatic heterocycles. The molecule has 0 atom stereocenters. The molecule has 0 amide bonds. The Morgan fingerprint density at radius 2 is 2.12 bits per heavy atom. The first-order chi connectivity index (χ1) is 8.07. The fourth-order valence-corrected chi connectivity index (χ4v) is 1.42. The predicted molar refractivity (Wildman–Crippen MR) is 63.4 cm³/mol. The quantitative estimate of drug-likeness (QED) is 0.726. The Bertz CT molecular complexity index is 407. The van der Waals surface area contributed by atoms with Gasteiger partial charge in [0.05, 0.1) is 5.69 Å². The van der Waals surface area contributed by atoms with Crippen molar-refractivity contribution >= 4 is 11.8 Å². The van der Waals surface area contributed by atoms with Crippen molar-refractivity contribution in [3.8, 4) is 0 Å². The highest BCUT2D eigenvalue weighted by molar-refractivity contribution is 5.94. The highest BCUT2D eigenvalue weighted by atomic mass is 16.5. The molecule has 0 saturated carbocycles. The number of ether oxygens (including phenoxy) is 1. The summed E-state index contributed by atoms with van der Waals surface area (Å²) in [6.45, 7) is 4.69. The second-order valence-corrected chi connectivity index (χ2v) is 3.71. The topological polar surface area (TPSA) is 84.3 Å². The summed E-state index contributed by atoms with van der Waals surface area (Å²) in [4.78, 5) is 11.2. The van der Waals surface area contributed by atoms with E-state index in [1.54, 1.807) is 21.0 Å². The van der Waals surface area contributed by atoms with Crippen LogP contribution in [0.3, 0.4) is 0 Å². The monoisotopic (exact) mass is 239 g/mol. The molecule has 0 radical (unpaired) electrons. The number of carboxylic acid groups (broad SMARTS) is 1. The van der Waals surface area contributed by atoms with Crippen molar-refractivity contribution in [3.05, 3.63) is 16.8 Å². The van der Waals surface area contributed by atoms with Gasteiger partial charge >= 0.3 is 5.97 Å². The van der Waals surface area contributed by atoms with Crippen LogP contribution < -0.4 is 5.32 Å². The maximum Gasteiger partial charge on any atom is 0.339 e. The number of nitrogens with one attached hydrogen (secondary N) is 1. The zero-order valence-corrected chi connectivity index (χ0v) is 10.3. The Morgan fingerprint density at radius 1 is 1.41 bits per heavy atom. The van der Waals surface area contributed by atoms with Gasteiger partial charge in [-0.25, -0.2) is 4.79 Å². The van der Waals surface area contributed by atoms with Gasteiger partial charge in [0, 0.05) is 20.3 Å². The van der Waals surface area contributed by atoms with E-state index in [0.29, 0.717) is 30.2 Å². The van der Waals surface area contributed by atoms with E-state index in [0.717, 1.165) is 6.42 Å². The minimum absolute atomic E-state index is 0.190. The number of hydrogen-bond donors (Lipinski definition) is 2. The van der Waals surface area contributed by atoms with Gasteiger partial charge in [0.2, 0.25) is 0 Å². The molecule has 1 rings (SSSR count). The van der Waals surface area contributed by atoms with Gasteiger partial charge in [-0.15, -0.1) is 5.10 Å². The van der Waals surface area contributed by atoms with Crippen LogP contribution in [0.4, 0.5) is 5.82 Å². The molecule has 6 heteroatoms. The van der Waals surface area contributed by atoms with Gasteiger partial charge in [0.1, 0.15) is 5.56 Å². The first kappa shape index (κ1) is 13.4. The van der Waals surface area contributed by atoms with Crippen LogP contribution in [0.5, 0.6) is 0 Å². The molecule has 0 bridgehead atoms. The number of carboxylic acids is 1. The molecule has 1 heterocycles. The molecule has 17 heavy (non-hydrogen) atoms. The molecule has 0 unspecified atom stereocenters. The molecule has 0 saturated heterocycles. The fourth-order valence-electron chi connectivity index (χ4n) is 1.42. The zero-order chi connectivity index (χ0) is 12.8. The first-order valence-electron chi connectivity index (χ1n) is 5.38. The molecule has 6 nitrogen and oxygen atoms in total. The van der Waals surface area contributed by atoms with Gasteiger partial charge in [-0.05, 0) is 25.8 Å². The summed E-state index contributed by atoms with van der Waals surface area (Å²) < 4.78 is 4.91. The molecule has 0 fully saturated rings. The summed E-state index contributed by atoms with van der Waals surface area (Å²) in [5.74, 6) is -0.675. The Hall–Kier alpha value is -1.69. The van der Waals surface area contributed by atoms with Crippen LogP contribution in [-0.2, 0) is 4.74 Å². The summed E-state index contributed by atoms with van der Waals surface area (Å²) in [6.07, 6.45) is 0.782. The van der Waals surface area contributed by atoms with E-state index >= 15 is 0 Å². The first-order valence-corrected chi connectivity index (χ1v) is 5.38. The number of aromatic nitrogens is 2. The summed E-state index contributed by atoms with van der Waals surface area (Å²) in [7, 11) is 1.62. The molecular formula is C11H17N3O3. The van der Waals surface area contributed by atoms with Crippen molar-refractivity contribution < 1.29 is 14.6 Å². The maximum absolute atomic E-state index is 11.2. The fraction of sp³-hybridized carbons (Fsp3) is 0.545. The number of rotatable bonds is 6. The normalized spacial score (nSPS) is 10.3. The summed E-state index contributed by atoms with van der Waals surface area (Å²) in [5.41, 5.74) is 1.46. The second kappa shape index (κ2) is 6.15. The van der Waals surface area contributed by atoms with Crippen LogP contribution in [0.25, 0.3) is 0 Å². The Labute approximate surface area is 100 Å². The third-order valence-electron chi connectivity index (χ3n) is 2.49. The zero-order valence-electron chi connectivity index (χ0n) is 10.3. The molecule has 0 aliphatic heterocycles. The lowest BCUT2D eigenvalue weighted by molar-refractivity contribution is 0.0696. The number of aryl methyl sites for hydroxylation is 1. The van der Waals surface area contributed by atoms with E-state index in [-0.39, 0.29) is 5.56 Å². The lowest BCUT2D eigenvalue weighted by Gasteiger charge is -2.10. The Kier molecular flexibility index (Phi) is 4.84. The highest BCUT2D eigenvalue weighted by Gasteiger charge is 2.17. The van der Waals surface area contributed by atoms with E-state index in [1.807, 2.05) is 0 Å². The minimum atomic E-state index is -0.991. The number of carbonyl (C=O) groups is 1. The van der Waals surface area contributed by atoms with Gasteiger partial charge in [-0.3, -0.25) is 0 Å². The van der Waals surface area contributed by atoms with Gasteiger partial charge in [-0.1, -0.05) is 0 Å².